The van der Waals surface area contributed by atoms with Crippen LogP contribution in [0.25, 0.3) is 0 Å². The largest absolute Gasteiger partial charge is 0.507 e. The number of non-ortho nitro benzene ring substituents is 1. The molecule has 0 amide bonds. The fourth-order valence-corrected chi connectivity index (χ4v) is 2.58. The minimum atomic E-state index is -0.577. The van der Waals surface area contributed by atoms with Gasteiger partial charge in [-0.3, -0.25) is 10.1 Å². The number of ether oxygens (including phenoxy) is 1. The van der Waals surface area contributed by atoms with Crippen molar-refractivity contribution < 1.29 is 19.6 Å². The van der Waals surface area contributed by atoms with Crippen molar-refractivity contribution >= 4 is 23.4 Å². The molecule has 0 fully saturated rings. The molecule has 0 saturated carbocycles. The molecule has 0 spiro atoms. The third-order valence-electron chi connectivity index (χ3n) is 2.75. The van der Waals surface area contributed by atoms with Crippen LogP contribution in [0.2, 0.25) is 0 Å². The van der Waals surface area contributed by atoms with Crippen molar-refractivity contribution in [3.8, 4) is 5.75 Å². The van der Waals surface area contributed by atoms with Crippen LogP contribution in [0.15, 0.2) is 52.3 Å². The Morgan fingerprint density at radius 2 is 1.86 bits per heavy atom. The number of benzene rings is 2. The topological polar surface area (TPSA) is 89.7 Å². The molecule has 0 aliphatic heterocycles. The number of hydrogen-bond donors (Lipinski definition) is 1. The normalized spacial score (nSPS) is 10.2. The summed E-state index contributed by atoms with van der Waals surface area (Å²) < 4.78 is 4.83. The Morgan fingerprint density at radius 3 is 2.41 bits per heavy atom. The van der Waals surface area contributed by atoms with E-state index in [0.717, 1.165) is 4.90 Å². The van der Waals surface area contributed by atoms with Gasteiger partial charge in [-0.15, -0.1) is 0 Å². The molecule has 0 radical (unpaired) electrons. The number of carbonyl (C=O) groups excluding carboxylic acids is 1. The van der Waals surface area contributed by atoms with Gasteiger partial charge in [-0.1, -0.05) is 11.8 Å². The van der Waals surface area contributed by atoms with Crippen LogP contribution in [0.5, 0.6) is 5.75 Å². The van der Waals surface area contributed by atoms with Crippen LogP contribution in [0.3, 0.4) is 0 Å². The molecule has 0 aliphatic carbocycles. The Bertz CT molecular complexity index is 700. The maximum absolute atomic E-state index is 11.6. The summed E-state index contributed by atoms with van der Waals surface area (Å²) >= 11 is 1.32. The number of rotatable bonds is 5. The molecule has 0 atom stereocenters. The Kier molecular flexibility index (Phi) is 5.00. The first-order valence-electron chi connectivity index (χ1n) is 6.43. The highest BCUT2D eigenvalue weighted by Gasteiger charge is 2.13. The molecule has 22 heavy (non-hydrogen) atoms. The highest BCUT2D eigenvalue weighted by Crippen LogP contribution is 2.32. The highest BCUT2D eigenvalue weighted by atomic mass is 32.2. The van der Waals surface area contributed by atoms with Gasteiger partial charge < -0.3 is 9.84 Å². The summed E-state index contributed by atoms with van der Waals surface area (Å²) in [6, 6.07) is 10.7. The van der Waals surface area contributed by atoms with E-state index in [-0.39, 0.29) is 23.6 Å². The molecule has 0 aliphatic rings. The molecule has 1 N–H and O–H groups in total. The lowest BCUT2D eigenvalue weighted by Crippen LogP contribution is -2.04. The maximum Gasteiger partial charge on any atom is 0.341 e. The Morgan fingerprint density at radius 1 is 1.23 bits per heavy atom. The quantitative estimate of drug-likeness (QED) is 0.514. The van der Waals surface area contributed by atoms with Crippen LogP contribution in [0, 0.1) is 10.1 Å². The summed E-state index contributed by atoms with van der Waals surface area (Å²) in [6.45, 7) is 1.92. The van der Waals surface area contributed by atoms with Gasteiger partial charge in [-0.2, -0.15) is 0 Å². The van der Waals surface area contributed by atoms with E-state index in [9.17, 15) is 20.0 Å². The lowest BCUT2D eigenvalue weighted by atomic mass is 10.2. The number of phenolic OH excluding ortho intramolecular Hbond substituents is 1. The van der Waals surface area contributed by atoms with Gasteiger partial charge in [0.05, 0.1) is 11.5 Å². The van der Waals surface area contributed by atoms with E-state index in [1.807, 2.05) is 0 Å². The summed E-state index contributed by atoms with van der Waals surface area (Å²) in [4.78, 5) is 23.2. The Hall–Kier alpha value is -2.54. The lowest BCUT2D eigenvalue weighted by Gasteiger charge is -2.07. The van der Waals surface area contributed by atoms with Gasteiger partial charge in [-0.05, 0) is 37.3 Å². The van der Waals surface area contributed by atoms with E-state index in [4.69, 9.17) is 4.74 Å². The summed E-state index contributed by atoms with van der Waals surface area (Å²) in [7, 11) is 0. The molecule has 114 valence electrons. The summed E-state index contributed by atoms with van der Waals surface area (Å²) in [5, 5.41) is 20.5. The van der Waals surface area contributed by atoms with Crippen molar-refractivity contribution in [1.29, 1.82) is 0 Å². The monoisotopic (exact) mass is 319 g/mol. The molecule has 2 aromatic rings. The number of nitro benzene ring substituents is 1. The second-order valence-electron chi connectivity index (χ2n) is 4.25. The second kappa shape index (κ2) is 6.95. The smallest absolute Gasteiger partial charge is 0.341 e. The molecule has 2 aromatic carbocycles. The SMILES string of the molecule is CCOC(=O)c1ccc(Sc2ccc([N+](=O)[O-])cc2)cc1O. The Balaban J connectivity index is 2.15. The van der Waals surface area contributed by atoms with E-state index in [0.29, 0.717) is 4.90 Å². The predicted octanol–water partition coefficient (Wildman–Crippen LogP) is 3.63. The molecular weight excluding hydrogens is 306 g/mol. The first-order valence-corrected chi connectivity index (χ1v) is 7.25. The van der Waals surface area contributed by atoms with Crippen LogP contribution in [-0.2, 0) is 4.74 Å². The molecule has 0 aromatic heterocycles. The zero-order chi connectivity index (χ0) is 16.1. The van der Waals surface area contributed by atoms with Crippen molar-refractivity contribution in [2.75, 3.05) is 6.61 Å². The predicted molar refractivity (Wildman–Crippen MR) is 81.3 cm³/mol. The van der Waals surface area contributed by atoms with E-state index in [2.05, 4.69) is 0 Å². The minimum absolute atomic E-state index is 0.0184. The number of nitro groups is 1. The molecule has 2 rings (SSSR count). The van der Waals surface area contributed by atoms with Gasteiger partial charge in [0, 0.05) is 21.9 Å². The molecule has 0 heterocycles. The molecule has 0 unspecified atom stereocenters. The second-order valence-corrected chi connectivity index (χ2v) is 5.40. The van der Waals surface area contributed by atoms with Gasteiger partial charge in [0.1, 0.15) is 11.3 Å². The number of esters is 1. The number of nitrogens with zero attached hydrogens (tertiary/aromatic N) is 1. The van der Waals surface area contributed by atoms with E-state index in [1.165, 1.54) is 36.0 Å². The molecule has 7 heteroatoms. The van der Waals surface area contributed by atoms with Crippen LogP contribution >= 0.6 is 11.8 Å². The van der Waals surface area contributed by atoms with Crippen LogP contribution < -0.4 is 0 Å². The Labute approximate surface area is 130 Å². The zero-order valence-corrected chi connectivity index (χ0v) is 12.5. The van der Waals surface area contributed by atoms with Crippen molar-refractivity contribution in [3.63, 3.8) is 0 Å². The maximum atomic E-state index is 11.6. The average Bonchev–Trinajstić information content (AvgIpc) is 2.48. The number of aromatic hydroxyl groups is 1. The van der Waals surface area contributed by atoms with Crippen molar-refractivity contribution in [3.05, 3.63) is 58.1 Å². The number of carbonyl (C=O) groups is 1. The average molecular weight is 319 g/mol. The van der Waals surface area contributed by atoms with Gasteiger partial charge in [0.15, 0.2) is 0 Å². The summed E-state index contributed by atoms with van der Waals surface area (Å²) in [6.07, 6.45) is 0. The van der Waals surface area contributed by atoms with Gasteiger partial charge in [0.25, 0.3) is 5.69 Å². The van der Waals surface area contributed by atoms with Crippen LogP contribution in [0.4, 0.5) is 5.69 Å². The first kappa shape index (κ1) is 15.8. The van der Waals surface area contributed by atoms with E-state index in [1.54, 1.807) is 25.1 Å². The van der Waals surface area contributed by atoms with Crippen molar-refractivity contribution in [1.82, 2.24) is 0 Å². The van der Waals surface area contributed by atoms with Crippen LogP contribution in [0.1, 0.15) is 17.3 Å². The van der Waals surface area contributed by atoms with Gasteiger partial charge in [0.2, 0.25) is 0 Å². The van der Waals surface area contributed by atoms with Gasteiger partial charge in [-0.25, -0.2) is 4.79 Å². The molecular formula is C15H13NO5S. The highest BCUT2D eigenvalue weighted by molar-refractivity contribution is 7.99. The fourth-order valence-electron chi connectivity index (χ4n) is 1.73. The lowest BCUT2D eigenvalue weighted by molar-refractivity contribution is -0.384. The van der Waals surface area contributed by atoms with E-state index < -0.39 is 10.9 Å². The first-order chi connectivity index (χ1) is 10.5. The number of hydrogen-bond acceptors (Lipinski definition) is 6. The molecule has 0 bridgehead atoms. The standard InChI is InChI=1S/C15H13NO5S/c1-2-21-15(18)13-8-7-12(9-14(13)17)22-11-5-3-10(4-6-11)16(19)20/h3-9,17H,2H2,1H3. The van der Waals surface area contributed by atoms with Gasteiger partial charge >= 0.3 is 5.97 Å². The van der Waals surface area contributed by atoms with Crippen molar-refractivity contribution in [2.45, 2.75) is 16.7 Å². The minimum Gasteiger partial charge on any atom is -0.507 e. The zero-order valence-electron chi connectivity index (χ0n) is 11.7. The third-order valence-corrected chi connectivity index (χ3v) is 3.75. The van der Waals surface area contributed by atoms with Crippen molar-refractivity contribution in [2.24, 2.45) is 0 Å². The summed E-state index contributed by atoms with van der Waals surface area (Å²) in [5.74, 6) is -0.739. The molecule has 0 saturated heterocycles. The molecule has 6 nitrogen and oxygen atoms in total. The van der Waals surface area contributed by atoms with E-state index >= 15 is 0 Å². The number of phenols is 1. The summed E-state index contributed by atoms with van der Waals surface area (Å²) in [5.41, 5.74) is 0.125. The fraction of sp³-hybridized carbons (Fsp3) is 0.133. The third kappa shape index (κ3) is 3.76. The van der Waals surface area contributed by atoms with Crippen LogP contribution in [-0.4, -0.2) is 22.6 Å².